The molecule has 144 valence electrons. The summed E-state index contributed by atoms with van der Waals surface area (Å²) in [6.45, 7) is 3.94. The summed E-state index contributed by atoms with van der Waals surface area (Å²) in [6.07, 6.45) is 0. The lowest BCUT2D eigenvalue weighted by Gasteiger charge is -2.10. The molecule has 1 aromatic heterocycles. The van der Waals surface area contributed by atoms with Crippen LogP contribution >= 0.6 is 11.8 Å². The maximum Gasteiger partial charge on any atom is 0.337 e. The molecule has 0 fully saturated rings. The fraction of sp³-hybridized carbons (Fsp3) is 0.217. The van der Waals surface area contributed by atoms with Crippen LogP contribution < -0.4 is 0 Å². The first-order valence-corrected chi connectivity index (χ1v) is 10.2. The van der Waals surface area contributed by atoms with E-state index in [2.05, 4.69) is 12.1 Å². The average molecular weight is 394 g/mol. The predicted molar refractivity (Wildman–Crippen MR) is 114 cm³/mol. The lowest BCUT2D eigenvalue weighted by atomic mass is 10.2. The van der Waals surface area contributed by atoms with Crippen molar-refractivity contribution in [2.24, 2.45) is 0 Å². The third-order valence-corrected chi connectivity index (χ3v) is 5.63. The first kappa shape index (κ1) is 20.0. The van der Waals surface area contributed by atoms with Crippen LogP contribution in [-0.2, 0) is 10.5 Å². The second-order valence-corrected chi connectivity index (χ2v) is 7.55. The highest BCUT2D eigenvalue weighted by atomic mass is 32.2. The van der Waals surface area contributed by atoms with Crippen LogP contribution in [0.15, 0.2) is 60.7 Å². The summed E-state index contributed by atoms with van der Waals surface area (Å²) >= 11 is 1.63. The molecular weight excluding hydrogens is 370 g/mol. The number of hydrogen-bond donors (Lipinski definition) is 0. The van der Waals surface area contributed by atoms with Gasteiger partial charge in [-0.3, -0.25) is 4.79 Å². The fourth-order valence-corrected chi connectivity index (χ4v) is 4.09. The predicted octanol–water partition coefficient (Wildman–Crippen LogP) is 5.00. The third-order valence-electron chi connectivity index (χ3n) is 4.62. The minimum Gasteiger partial charge on any atom is -0.465 e. The Bertz CT molecular complexity index is 975. The van der Waals surface area contributed by atoms with Crippen LogP contribution in [0.5, 0.6) is 0 Å². The number of benzene rings is 2. The van der Waals surface area contributed by atoms with E-state index in [1.54, 1.807) is 23.9 Å². The van der Waals surface area contributed by atoms with Gasteiger partial charge < -0.3 is 9.30 Å². The largest absolute Gasteiger partial charge is 0.465 e. The Hall–Kier alpha value is -2.79. The summed E-state index contributed by atoms with van der Waals surface area (Å²) in [5.41, 5.74) is 5.28. The van der Waals surface area contributed by atoms with Crippen LogP contribution in [0.3, 0.4) is 0 Å². The van der Waals surface area contributed by atoms with Gasteiger partial charge in [-0.25, -0.2) is 4.79 Å². The van der Waals surface area contributed by atoms with Gasteiger partial charge >= 0.3 is 5.97 Å². The van der Waals surface area contributed by atoms with Gasteiger partial charge in [0.2, 0.25) is 0 Å². The molecule has 0 atom stereocenters. The molecule has 4 nitrogen and oxygen atoms in total. The molecule has 3 rings (SSSR count). The van der Waals surface area contributed by atoms with Crippen LogP contribution in [0.1, 0.15) is 37.7 Å². The molecular formula is C23H23NO3S. The lowest BCUT2D eigenvalue weighted by Crippen LogP contribution is -2.06. The van der Waals surface area contributed by atoms with Crippen molar-refractivity contribution in [3.8, 4) is 5.69 Å². The molecule has 0 amide bonds. The van der Waals surface area contributed by atoms with Crippen molar-refractivity contribution < 1.29 is 14.3 Å². The molecule has 5 heteroatoms. The molecule has 1 heterocycles. The summed E-state index contributed by atoms with van der Waals surface area (Å²) in [4.78, 5) is 24.4. The number of thioether (sulfide) groups is 1. The van der Waals surface area contributed by atoms with E-state index in [0.717, 1.165) is 28.4 Å². The van der Waals surface area contributed by atoms with Gasteiger partial charge in [-0.05, 0) is 49.7 Å². The molecule has 0 N–H and O–H groups in total. The van der Waals surface area contributed by atoms with E-state index in [9.17, 15) is 9.59 Å². The number of aromatic nitrogens is 1. The molecule has 0 aliphatic carbocycles. The van der Waals surface area contributed by atoms with E-state index in [1.807, 2.05) is 54.8 Å². The van der Waals surface area contributed by atoms with Crippen molar-refractivity contribution in [1.29, 1.82) is 0 Å². The van der Waals surface area contributed by atoms with Crippen LogP contribution in [0.2, 0.25) is 0 Å². The zero-order valence-corrected chi connectivity index (χ0v) is 17.1. The third kappa shape index (κ3) is 4.37. The Labute approximate surface area is 169 Å². The molecule has 2 aromatic carbocycles. The molecule has 0 aliphatic rings. The molecule has 3 aromatic rings. The van der Waals surface area contributed by atoms with Gasteiger partial charge in [0, 0.05) is 28.4 Å². The first-order valence-electron chi connectivity index (χ1n) is 9.04. The normalized spacial score (nSPS) is 10.7. The van der Waals surface area contributed by atoms with Crippen LogP contribution in [0.25, 0.3) is 5.69 Å². The topological polar surface area (TPSA) is 48.3 Å². The van der Waals surface area contributed by atoms with Crippen molar-refractivity contribution in [1.82, 2.24) is 4.57 Å². The number of Topliss-reactive ketones (excluding diaryl/α,β-unsaturated/α-hetero) is 1. The molecule has 0 saturated heterocycles. The Kier molecular flexibility index (Phi) is 6.37. The van der Waals surface area contributed by atoms with E-state index in [-0.39, 0.29) is 11.8 Å². The van der Waals surface area contributed by atoms with Crippen molar-refractivity contribution in [2.45, 2.75) is 19.6 Å². The number of methoxy groups -OCH3 is 1. The van der Waals surface area contributed by atoms with Crippen molar-refractivity contribution in [3.63, 3.8) is 0 Å². The van der Waals surface area contributed by atoms with Gasteiger partial charge in [-0.1, -0.05) is 30.3 Å². The zero-order chi connectivity index (χ0) is 20.1. The highest BCUT2D eigenvalue weighted by Gasteiger charge is 2.17. The number of hydrogen-bond acceptors (Lipinski definition) is 4. The average Bonchev–Trinajstić information content (AvgIpc) is 3.02. The second kappa shape index (κ2) is 8.93. The summed E-state index contributed by atoms with van der Waals surface area (Å²) in [6, 6.07) is 19.3. The van der Waals surface area contributed by atoms with Gasteiger partial charge in [0.05, 0.1) is 18.4 Å². The van der Waals surface area contributed by atoms with Crippen LogP contribution in [0.4, 0.5) is 0 Å². The van der Waals surface area contributed by atoms with Crippen molar-refractivity contribution >= 4 is 23.5 Å². The summed E-state index contributed by atoms with van der Waals surface area (Å²) in [5, 5.41) is 0. The first-order chi connectivity index (χ1) is 13.5. The molecule has 28 heavy (non-hydrogen) atoms. The summed E-state index contributed by atoms with van der Waals surface area (Å²) in [5.74, 6) is 1.03. The monoisotopic (exact) mass is 393 g/mol. The lowest BCUT2D eigenvalue weighted by molar-refractivity contribution is 0.0600. The van der Waals surface area contributed by atoms with Gasteiger partial charge in [0.25, 0.3) is 0 Å². The van der Waals surface area contributed by atoms with Gasteiger partial charge in [0.1, 0.15) is 0 Å². The highest BCUT2D eigenvalue weighted by Crippen LogP contribution is 2.23. The molecule has 0 bridgehead atoms. The van der Waals surface area contributed by atoms with E-state index in [0.29, 0.717) is 11.3 Å². The van der Waals surface area contributed by atoms with Crippen molar-refractivity contribution in [3.05, 3.63) is 88.7 Å². The Balaban J connectivity index is 1.74. The minimum absolute atomic E-state index is 0.131. The molecule has 0 unspecified atom stereocenters. The van der Waals surface area contributed by atoms with Gasteiger partial charge in [-0.15, -0.1) is 11.8 Å². The number of rotatable bonds is 7. The fourth-order valence-electron chi connectivity index (χ4n) is 3.22. The molecule has 0 radical (unpaired) electrons. The molecule has 0 spiro atoms. The minimum atomic E-state index is -0.362. The van der Waals surface area contributed by atoms with E-state index in [1.165, 1.54) is 12.7 Å². The number of aryl methyl sites for hydroxylation is 1. The number of ether oxygens (including phenoxy) is 1. The molecule has 0 saturated carbocycles. The van der Waals surface area contributed by atoms with Crippen LogP contribution in [0, 0.1) is 13.8 Å². The smallest absolute Gasteiger partial charge is 0.337 e. The number of carbonyl (C=O) groups excluding carboxylic acids is 2. The SMILES string of the molecule is COC(=O)c1ccc(-n2c(C)cc(C(=O)CSCc3ccccc3)c2C)cc1. The van der Waals surface area contributed by atoms with E-state index < -0.39 is 0 Å². The van der Waals surface area contributed by atoms with E-state index >= 15 is 0 Å². The highest BCUT2D eigenvalue weighted by molar-refractivity contribution is 7.99. The summed E-state index contributed by atoms with van der Waals surface area (Å²) in [7, 11) is 1.37. The van der Waals surface area contributed by atoms with Crippen molar-refractivity contribution in [2.75, 3.05) is 12.9 Å². The van der Waals surface area contributed by atoms with Crippen LogP contribution in [-0.4, -0.2) is 29.2 Å². The summed E-state index contributed by atoms with van der Waals surface area (Å²) < 4.78 is 6.78. The Morgan fingerprint density at radius 1 is 1.00 bits per heavy atom. The second-order valence-electron chi connectivity index (χ2n) is 6.56. The number of carbonyl (C=O) groups is 2. The Morgan fingerprint density at radius 2 is 1.68 bits per heavy atom. The maximum absolute atomic E-state index is 12.7. The standard InChI is InChI=1S/C23H23NO3S/c1-16-13-21(22(25)15-28-14-18-7-5-4-6-8-18)17(2)24(16)20-11-9-19(10-12-20)23(26)27-3/h4-13H,14-15H2,1-3H3. The number of ketones is 1. The molecule has 0 aliphatic heterocycles. The van der Waals surface area contributed by atoms with E-state index in [4.69, 9.17) is 4.74 Å². The Morgan fingerprint density at radius 3 is 2.32 bits per heavy atom. The van der Waals surface area contributed by atoms with Gasteiger partial charge in [-0.2, -0.15) is 0 Å². The maximum atomic E-state index is 12.7. The zero-order valence-electron chi connectivity index (χ0n) is 16.3. The van der Waals surface area contributed by atoms with Gasteiger partial charge in [0.15, 0.2) is 5.78 Å². The number of nitrogens with zero attached hydrogens (tertiary/aromatic N) is 1. The number of esters is 1. The quantitative estimate of drug-likeness (QED) is 0.419.